The quantitative estimate of drug-likeness (QED) is 0.392. The third-order valence-electron chi connectivity index (χ3n) is 4.39. The minimum Gasteiger partial charge on any atom is -0.388 e. The number of aromatic nitrogens is 1. The summed E-state index contributed by atoms with van der Waals surface area (Å²) in [5, 5.41) is 4.87. The molecule has 3 N–H and O–H groups in total. The Morgan fingerprint density at radius 2 is 1.75 bits per heavy atom. The standard InChI is InChI=1S/C21H25N5O2/c1-25(2)13-16-9-4-5-10-17(16)14-28-24-21(22)26(3)20(27)19-12-15-8-6-7-11-18(15)23-19/h4-12,23H,13-14H2,1-3H3,(H2,22,24). The summed E-state index contributed by atoms with van der Waals surface area (Å²) in [6.45, 7) is 1.08. The van der Waals surface area contributed by atoms with Crippen LogP contribution in [0.1, 0.15) is 21.6 Å². The van der Waals surface area contributed by atoms with Crippen LogP contribution in [0.15, 0.2) is 59.8 Å². The fourth-order valence-electron chi connectivity index (χ4n) is 2.90. The van der Waals surface area contributed by atoms with Gasteiger partial charge in [-0.1, -0.05) is 42.5 Å². The lowest BCUT2D eigenvalue weighted by Gasteiger charge is -2.15. The first kappa shape index (κ1) is 19.4. The highest BCUT2D eigenvalue weighted by Crippen LogP contribution is 2.16. The van der Waals surface area contributed by atoms with Crippen molar-refractivity contribution in [1.82, 2.24) is 14.8 Å². The maximum absolute atomic E-state index is 12.6. The number of nitrogens with one attached hydrogen (secondary N) is 1. The molecular weight excluding hydrogens is 354 g/mol. The molecule has 1 amide bonds. The summed E-state index contributed by atoms with van der Waals surface area (Å²) < 4.78 is 0. The number of fused-ring (bicyclic) bond motifs is 1. The van der Waals surface area contributed by atoms with E-state index < -0.39 is 0 Å². The molecule has 0 saturated heterocycles. The van der Waals surface area contributed by atoms with E-state index in [1.54, 1.807) is 13.1 Å². The second-order valence-corrected chi connectivity index (χ2v) is 6.86. The lowest BCUT2D eigenvalue weighted by Crippen LogP contribution is -2.39. The summed E-state index contributed by atoms with van der Waals surface area (Å²) in [6, 6.07) is 17.5. The van der Waals surface area contributed by atoms with Crippen LogP contribution in [-0.4, -0.2) is 47.8 Å². The number of carbonyl (C=O) groups is 1. The molecule has 0 fully saturated rings. The predicted molar refractivity (Wildman–Crippen MR) is 111 cm³/mol. The molecule has 3 rings (SSSR count). The van der Waals surface area contributed by atoms with Crippen molar-refractivity contribution in [3.05, 3.63) is 71.4 Å². The van der Waals surface area contributed by atoms with E-state index in [1.807, 2.05) is 56.6 Å². The lowest BCUT2D eigenvalue weighted by molar-refractivity contribution is 0.0844. The monoisotopic (exact) mass is 379 g/mol. The van der Waals surface area contributed by atoms with Gasteiger partial charge in [0.05, 0.1) is 0 Å². The molecule has 0 bridgehead atoms. The molecular formula is C21H25N5O2. The van der Waals surface area contributed by atoms with Crippen LogP contribution in [0.2, 0.25) is 0 Å². The molecule has 7 nitrogen and oxygen atoms in total. The van der Waals surface area contributed by atoms with E-state index in [0.717, 1.165) is 28.6 Å². The zero-order valence-electron chi connectivity index (χ0n) is 16.3. The Morgan fingerprint density at radius 1 is 1.07 bits per heavy atom. The van der Waals surface area contributed by atoms with Crippen molar-refractivity contribution in [2.24, 2.45) is 10.9 Å². The Morgan fingerprint density at radius 3 is 2.46 bits per heavy atom. The number of aromatic amines is 1. The van der Waals surface area contributed by atoms with Gasteiger partial charge in [0.2, 0.25) is 5.96 Å². The summed E-state index contributed by atoms with van der Waals surface area (Å²) in [6.07, 6.45) is 0. The third kappa shape index (κ3) is 4.50. The highest BCUT2D eigenvalue weighted by atomic mass is 16.6. The molecule has 2 aromatic carbocycles. The van der Waals surface area contributed by atoms with Gasteiger partial charge in [-0.15, -0.1) is 0 Å². The van der Waals surface area contributed by atoms with Crippen LogP contribution in [0.3, 0.4) is 0 Å². The van der Waals surface area contributed by atoms with Gasteiger partial charge in [-0.2, -0.15) is 0 Å². The van der Waals surface area contributed by atoms with Crippen LogP contribution in [0.5, 0.6) is 0 Å². The minimum absolute atomic E-state index is 0.00579. The molecule has 0 saturated carbocycles. The first-order valence-electron chi connectivity index (χ1n) is 8.98. The van der Waals surface area contributed by atoms with E-state index in [4.69, 9.17) is 10.6 Å². The van der Waals surface area contributed by atoms with Crippen LogP contribution in [-0.2, 0) is 18.0 Å². The third-order valence-corrected chi connectivity index (χ3v) is 4.39. The number of nitrogens with zero attached hydrogens (tertiary/aromatic N) is 3. The molecule has 0 aliphatic rings. The first-order chi connectivity index (χ1) is 13.5. The first-order valence-corrected chi connectivity index (χ1v) is 8.98. The van der Waals surface area contributed by atoms with Crippen molar-refractivity contribution < 1.29 is 9.63 Å². The van der Waals surface area contributed by atoms with Gasteiger partial charge in [-0.05, 0) is 42.5 Å². The van der Waals surface area contributed by atoms with Crippen LogP contribution in [0, 0.1) is 0 Å². The van der Waals surface area contributed by atoms with E-state index in [2.05, 4.69) is 21.1 Å². The Labute approximate surface area is 164 Å². The summed E-state index contributed by atoms with van der Waals surface area (Å²) in [4.78, 5) is 24.5. The number of nitrogens with two attached hydrogens (primary N) is 1. The number of amides is 1. The summed E-state index contributed by atoms with van der Waals surface area (Å²) in [7, 11) is 5.59. The molecule has 0 unspecified atom stereocenters. The van der Waals surface area contributed by atoms with Crippen LogP contribution in [0.4, 0.5) is 0 Å². The number of hydrogen-bond acceptors (Lipinski definition) is 4. The Hall–Kier alpha value is -3.32. The van der Waals surface area contributed by atoms with Crippen molar-refractivity contribution >= 4 is 22.8 Å². The van der Waals surface area contributed by atoms with Crippen molar-refractivity contribution in [2.75, 3.05) is 21.1 Å². The van der Waals surface area contributed by atoms with E-state index in [0.29, 0.717) is 5.69 Å². The van der Waals surface area contributed by atoms with E-state index in [-0.39, 0.29) is 18.5 Å². The smallest absolute Gasteiger partial charge is 0.276 e. The number of oxime groups is 1. The molecule has 0 atom stereocenters. The van der Waals surface area contributed by atoms with E-state index in [1.165, 1.54) is 4.90 Å². The number of guanidine groups is 1. The van der Waals surface area contributed by atoms with Gasteiger partial charge in [0.1, 0.15) is 12.3 Å². The fraction of sp³-hybridized carbons (Fsp3) is 0.238. The van der Waals surface area contributed by atoms with E-state index >= 15 is 0 Å². The van der Waals surface area contributed by atoms with Gasteiger partial charge in [0, 0.05) is 24.5 Å². The highest BCUT2D eigenvalue weighted by molar-refractivity contribution is 6.06. The molecule has 3 aromatic rings. The Kier molecular flexibility index (Phi) is 5.96. The molecule has 0 aliphatic heterocycles. The number of H-pyrrole nitrogens is 1. The largest absolute Gasteiger partial charge is 0.388 e. The number of hydrogen-bond donors (Lipinski definition) is 2. The molecule has 1 heterocycles. The van der Waals surface area contributed by atoms with Crippen molar-refractivity contribution in [1.29, 1.82) is 0 Å². The average Bonchev–Trinajstić information content (AvgIpc) is 3.12. The molecule has 0 spiro atoms. The SMILES string of the molecule is CN(C)Cc1ccccc1CON=C(N)N(C)C(=O)c1cc2ccccc2[nH]1. The maximum Gasteiger partial charge on any atom is 0.276 e. The van der Waals surface area contributed by atoms with Crippen LogP contribution in [0.25, 0.3) is 10.9 Å². The average molecular weight is 379 g/mol. The van der Waals surface area contributed by atoms with Crippen LogP contribution >= 0.6 is 0 Å². The van der Waals surface area contributed by atoms with Crippen molar-refractivity contribution in [3.63, 3.8) is 0 Å². The molecule has 1 aromatic heterocycles. The minimum atomic E-state index is -0.283. The number of para-hydroxylation sites is 1. The van der Waals surface area contributed by atoms with Gasteiger partial charge >= 0.3 is 0 Å². The van der Waals surface area contributed by atoms with Crippen molar-refractivity contribution in [3.8, 4) is 0 Å². The lowest BCUT2D eigenvalue weighted by atomic mass is 10.1. The maximum atomic E-state index is 12.6. The molecule has 0 radical (unpaired) electrons. The van der Waals surface area contributed by atoms with Gasteiger partial charge in [0.15, 0.2) is 0 Å². The van der Waals surface area contributed by atoms with Crippen molar-refractivity contribution in [2.45, 2.75) is 13.2 Å². The fourth-order valence-corrected chi connectivity index (χ4v) is 2.90. The summed E-state index contributed by atoms with van der Waals surface area (Å²) in [5.41, 5.74) is 9.46. The molecule has 0 aliphatic carbocycles. The van der Waals surface area contributed by atoms with E-state index in [9.17, 15) is 4.79 Å². The zero-order chi connectivity index (χ0) is 20.1. The van der Waals surface area contributed by atoms with Gasteiger partial charge < -0.3 is 20.5 Å². The second kappa shape index (κ2) is 8.58. The molecule has 7 heteroatoms. The van der Waals surface area contributed by atoms with Gasteiger partial charge in [0.25, 0.3) is 5.91 Å². The Bertz CT molecular complexity index is 960. The number of carbonyl (C=O) groups excluding carboxylic acids is 1. The predicted octanol–water partition coefficient (Wildman–Crippen LogP) is 2.75. The number of rotatable bonds is 6. The van der Waals surface area contributed by atoms with Gasteiger partial charge in [-0.3, -0.25) is 9.69 Å². The number of benzene rings is 2. The van der Waals surface area contributed by atoms with Gasteiger partial charge in [-0.25, -0.2) is 0 Å². The highest BCUT2D eigenvalue weighted by Gasteiger charge is 2.17. The topological polar surface area (TPSA) is 86.9 Å². The second-order valence-electron chi connectivity index (χ2n) is 6.86. The molecule has 146 valence electrons. The normalized spacial score (nSPS) is 11.8. The summed E-state index contributed by atoms with van der Waals surface area (Å²) >= 11 is 0. The Balaban J connectivity index is 1.65. The summed E-state index contributed by atoms with van der Waals surface area (Å²) in [5.74, 6) is -0.289. The molecule has 28 heavy (non-hydrogen) atoms. The van der Waals surface area contributed by atoms with Crippen LogP contribution < -0.4 is 5.73 Å². The zero-order valence-corrected chi connectivity index (χ0v) is 16.3.